The van der Waals surface area contributed by atoms with Crippen molar-refractivity contribution in [2.24, 2.45) is 0 Å². The van der Waals surface area contributed by atoms with Gasteiger partial charge < -0.3 is 9.73 Å². The molecule has 0 bridgehead atoms. The summed E-state index contributed by atoms with van der Waals surface area (Å²) in [5.41, 5.74) is 0.824. The predicted octanol–water partition coefficient (Wildman–Crippen LogP) is 1.21. The van der Waals surface area contributed by atoms with E-state index in [-0.39, 0.29) is 5.91 Å². The molecule has 0 saturated carbocycles. The van der Waals surface area contributed by atoms with E-state index in [1.165, 1.54) is 11.0 Å². The summed E-state index contributed by atoms with van der Waals surface area (Å²) in [6, 6.07) is 12.5. The van der Waals surface area contributed by atoms with E-state index in [4.69, 9.17) is 4.42 Å². The Balaban J connectivity index is 1.70. The molecule has 0 fully saturated rings. The van der Waals surface area contributed by atoms with Gasteiger partial charge in [0.15, 0.2) is 6.04 Å². The first kappa shape index (κ1) is 14.0. The molecule has 0 radical (unpaired) electrons. The number of tetrazole rings is 1. The largest absolute Gasteiger partial charge is 0.469 e. The number of furan rings is 1. The number of rotatable bonds is 6. The van der Waals surface area contributed by atoms with Gasteiger partial charge in [-0.1, -0.05) is 30.3 Å². The van der Waals surface area contributed by atoms with Crippen molar-refractivity contribution in [1.29, 1.82) is 0 Å². The van der Waals surface area contributed by atoms with Crippen molar-refractivity contribution < 1.29 is 9.21 Å². The molecule has 7 nitrogen and oxygen atoms in total. The van der Waals surface area contributed by atoms with Crippen LogP contribution in [0.5, 0.6) is 0 Å². The predicted molar refractivity (Wildman–Crippen MR) is 77.8 cm³/mol. The fourth-order valence-electron chi connectivity index (χ4n) is 2.21. The highest BCUT2D eigenvalue weighted by Gasteiger charge is 2.23. The Labute approximate surface area is 126 Å². The number of amides is 1. The van der Waals surface area contributed by atoms with Gasteiger partial charge in [-0.15, -0.1) is 5.10 Å². The van der Waals surface area contributed by atoms with E-state index in [0.29, 0.717) is 13.0 Å². The van der Waals surface area contributed by atoms with Crippen LogP contribution in [0.2, 0.25) is 0 Å². The van der Waals surface area contributed by atoms with Crippen LogP contribution in [0.1, 0.15) is 17.4 Å². The lowest BCUT2D eigenvalue weighted by Gasteiger charge is -2.16. The van der Waals surface area contributed by atoms with Crippen LogP contribution < -0.4 is 5.32 Å². The fourth-order valence-corrected chi connectivity index (χ4v) is 2.21. The van der Waals surface area contributed by atoms with Gasteiger partial charge in [0.1, 0.15) is 12.1 Å². The number of carbonyl (C=O) groups is 1. The Morgan fingerprint density at radius 2 is 2.09 bits per heavy atom. The molecule has 2 heterocycles. The Kier molecular flexibility index (Phi) is 4.24. The maximum Gasteiger partial charge on any atom is 0.249 e. The molecule has 3 aromatic rings. The molecule has 1 aromatic carbocycles. The zero-order valence-corrected chi connectivity index (χ0v) is 11.8. The van der Waals surface area contributed by atoms with Crippen molar-refractivity contribution in [2.45, 2.75) is 12.5 Å². The Bertz CT molecular complexity index is 695. The normalized spacial score (nSPS) is 12.0. The van der Waals surface area contributed by atoms with Crippen molar-refractivity contribution in [1.82, 2.24) is 25.5 Å². The average Bonchev–Trinajstić information content (AvgIpc) is 3.22. The van der Waals surface area contributed by atoms with Gasteiger partial charge >= 0.3 is 0 Å². The van der Waals surface area contributed by atoms with Gasteiger partial charge in [-0.05, 0) is 28.1 Å². The van der Waals surface area contributed by atoms with Crippen molar-refractivity contribution >= 4 is 5.91 Å². The van der Waals surface area contributed by atoms with Crippen molar-refractivity contribution in [3.8, 4) is 0 Å². The molecule has 0 aliphatic heterocycles. The van der Waals surface area contributed by atoms with Gasteiger partial charge in [0.2, 0.25) is 5.91 Å². The van der Waals surface area contributed by atoms with Gasteiger partial charge in [-0.3, -0.25) is 4.79 Å². The van der Waals surface area contributed by atoms with Crippen LogP contribution >= 0.6 is 0 Å². The first-order valence-corrected chi connectivity index (χ1v) is 6.92. The topological polar surface area (TPSA) is 85.8 Å². The molecule has 3 rings (SSSR count). The van der Waals surface area contributed by atoms with Crippen LogP contribution in [0, 0.1) is 0 Å². The lowest BCUT2D eigenvalue weighted by Crippen LogP contribution is -2.34. The number of hydrogen-bond acceptors (Lipinski definition) is 5. The molecule has 7 heteroatoms. The summed E-state index contributed by atoms with van der Waals surface area (Å²) < 4.78 is 6.69. The number of carbonyl (C=O) groups excluding carboxylic acids is 1. The molecular formula is C15H15N5O2. The maximum absolute atomic E-state index is 12.5. The van der Waals surface area contributed by atoms with Gasteiger partial charge in [-0.2, -0.15) is 0 Å². The molecule has 0 unspecified atom stereocenters. The van der Waals surface area contributed by atoms with E-state index >= 15 is 0 Å². The standard InChI is InChI=1S/C15H15N5O2/c21-15(16-9-8-13-7-4-10-22-13)14(20-11-17-18-19-20)12-5-2-1-3-6-12/h1-7,10-11,14H,8-9H2,(H,16,21)/t14-/m1/s1. The molecule has 1 N–H and O–H groups in total. The average molecular weight is 297 g/mol. The van der Waals surface area contributed by atoms with Gasteiger partial charge in [0.25, 0.3) is 0 Å². The fraction of sp³-hybridized carbons (Fsp3) is 0.200. The smallest absolute Gasteiger partial charge is 0.249 e. The quantitative estimate of drug-likeness (QED) is 0.739. The second kappa shape index (κ2) is 6.66. The number of nitrogens with one attached hydrogen (secondary N) is 1. The van der Waals surface area contributed by atoms with E-state index in [2.05, 4.69) is 20.8 Å². The van der Waals surface area contributed by atoms with Gasteiger partial charge in [0, 0.05) is 13.0 Å². The van der Waals surface area contributed by atoms with E-state index < -0.39 is 6.04 Å². The summed E-state index contributed by atoms with van der Waals surface area (Å²) in [6.45, 7) is 0.484. The lowest BCUT2D eigenvalue weighted by molar-refractivity contribution is -0.123. The molecule has 2 aromatic heterocycles. The minimum atomic E-state index is -0.590. The van der Waals surface area contributed by atoms with Crippen LogP contribution in [0.15, 0.2) is 59.5 Å². The van der Waals surface area contributed by atoms with E-state index in [1.807, 2.05) is 42.5 Å². The van der Waals surface area contributed by atoms with Crippen LogP contribution in [0.25, 0.3) is 0 Å². The van der Waals surface area contributed by atoms with Crippen molar-refractivity contribution in [2.75, 3.05) is 6.54 Å². The summed E-state index contributed by atoms with van der Waals surface area (Å²) in [5.74, 6) is 0.670. The van der Waals surface area contributed by atoms with Crippen LogP contribution in [-0.2, 0) is 11.2 Å². The van der Waals surface area contributed by atoms with Crippen LogP contribution in [-0.4, -0.2) is 32.7 Å². The highest BCUT2D eigenvalue weighted by Crippen LogP contribution is 2.16. The zero-order chi connectivity index (χ0) is 15.2. The summed E-state index contributed by atoms with van der Waals surface area (Å²) >= 11 is 0. The van der Waals surface area contributed by atoms with Gasteiger partial charge in [0.05, 0.1) is 6.26 Å². The second-order valence-electron chi connectivity index (χ2n) is 4.72. The molecule has 0 aliphatic rings. The Morgan fingerprint density at radius 3 is 2.77 bits per heavy atom. The van der Waals surface area contributed by atoms with E-state index in [9.17, 15) is 4.79 Å². The van der Waals surface area contributed by atoms with Crippen molar-refractivity contribution in [3.05, 3.63) is 66.4 Å². The summed E-state index contributed by atoms with van der Waals surface area (Å²) in [5, 5.41) is 14.0. The first-order chi connectivity index (χ1) is 10.8. The van der Waals surface area contributed by atoms with Crippen molar-refractivity contribution in [3.63, 3.8) is 0 Å². The first-order valence-electron chi connectivity index (χ1n) is 6.92. The lowest BCUT2D eigenvalue weighted by atomic mass is 10.1. The third-order valence-electron chi connectivity index (χ3n) is 3.24. The summed E-state index contributed by atoms with van der Waals surface area (Å²) in [4.78, 5) is 12.5. The monoisotopic (exact) mass is 297 g/mol. The molecule has 0 aliphatic carbocycles. The Hall–Kier alpha value is -2.96. The van der Waals surface area contributed by atoms with Crippen LogP contribution in [0.4, 0.5) is 0 Å². The second-order valence-corrected chi connectivity index (χ2v) is 4.72. The third kappa shape index (κ3) is 3.20. The van der Waals surface area contributed by atoms with Gasteiger partial charge in [-0.25, -0.2) is 4.68 Å². The number of benzene rings is 1. The zero-order valence-electron chi connectivity index (χ0n) is 11.8. The summed E-state index contributed by atoms with van der Waals surface area (Å²) in [6.07, 6.45) is 3.69. The molecular weight excluding hydrogens is 282 g/mol. The highest BCUT2D eigenvalue weighted by molar-refractivity contribution is 5.83. The molecule has 0 spiro atoms. The third-order valence-corrected chi connectivity index (χ3v) is 3.24. The highest BCUT2D eigenvalue weighted by atomic mass is 16.3. The number of hydrogen-bond donors (Lipinski definition) is 1. The number of aromatic nitrogens is 4. The SMILES string of the molecule is O=C(NCCc1ccco1)[C@@H](c1ccccc1)n1cnnn1. The van der Waals surface area contributed by atoms with Crippen LogP contribution in [0.3, 0.4) is 0 Å². The molecule has 1 amide bonds. The van der Waals surface area contributed by atoms with E-state index in [1.54, 1.807) is 6.26 Å². The minimum absolute atomic E-state index is 0.162. The molecule has 1 atom stereocenters. The maximum atomic E-state index is 12.5. The number of nitrogens with zero attached hydrogens (tertiary/aromatic N) is 4. The molecule has 22 heavy (non-hydrogen) atoms. The Morgan fingerprint density at radius 1 is 1.23 bits per heavy atom. The molecule has 112 valence electrons. The molecule has 0 saturated heterocycles. The van der Waals surface area contributed by atoms with E-state index in [0.717, 1.165) is 11.3 Å². The minimum Gasteiger partial charge on any atom is -0.469 e. The summed E-state index contributed by atoms with van der Waals surface area (Å²) in [7, 11) is 0.